The minimum atomic E-state index is 0.0723. The van der Waals surface area contributed by atoms with Crippen LogP contribution in [0.2, 0.25) is 0 Å². The summed E-state index contributed by atoms with van der Waals surface area (Å²) in [5.74, 6) is 0.944. The molecule has 1 aliphatic rings. The molecule has 2 rings (SSSR count). The molecule has 1 fully saturated rings. The predicted molar refractivity (Wildman–Crippen MR) is 55.0 cm³/mol. The average Bonchev–Trinajstić information content (AvgIpc) is 2.52. The van der Waals surface area contributed by atoms with Gasteiger partial charge < -0.3 is 5.73 Å². The predicted octanol–water partition coefficient (Wildman–Crippen LogP) is 1.81. The van der Waals surface area contributed by atoms with Gasteiger partial charge in [0.2, 0.25) is 0 Å². The van der Waals surface area contributed by atoms with Gasteiger partial charge in [-0.1, -0.05) is 6.07 Å². The summed E-state index contributed by atoms with van der Waals surface area (Å²) >= 11 is 0. The molecule has 14 heavy (non-hydrogen) atoms. The molecule has 1 unspecified atom stereocenters. The van der Waals surface area contributed by atoms with E-state index in [1.165, 1.54) is 0 Å². The highest BCUT2D eigenvalue weighted by atomic mass is 16.1. The third-order valence-electron chi connectivity index (χ3n) is 2.83. The number of nitrogen functional groups attached to an aromatic ring is 1. The average molecular weight is 190 g/mol. The molecule has 1 atom stereocenters. The molecule has 0 saturated heterocycles. The Morgan fingerprint density at radius 1 is 1.50 bits per heavy atom. The zero-order valence-corrected chi connectivity index (χ0v) is 8.29. The van der Waals surface area contributed by atoms with E-state index in [9.17, 15) is 4.79 Å². The molecule has 1 saturated carbocycles. The van der Waals surface area contributed by atoms with Gasteiger partial charge in [-0.2, -0.15) is 0 Å². The molecule has 3 nitrogen and oxygen atoms in total. The fourth-order valence-corrected chi connectivity index (χ4v) is 2.10. The number of aryl methyl sites for hydroxylation is 1. The van der Waals surface area contributed by atoms with E-state index in [-0.39, 0.29) is 5.92 Å². The number of pyridine rings is 1. The van der Waals surface area contributed by atoms with Crippen molar-refractivity contribution in [3.05, 3.63) is 23.4 Å². The van der Waals surface area contributed by atoms with Crippen molar-refractivity contribution >= 4 is 11.6 Å². The SMILES string of the molecule is Cc1nc(N)ccc1C1CCCC1=O. The summed E-state index contributed by atoms with van der Waals surface area (Å²) in [5.41, 5.74) is 7.52. The number of carbonyl (C=O) groups excluding carboxylic acids is 1. The number of aromatic nitrogens is 1. The van der Waals surface area contributed by atoms with Gasteiger partial charge in [-0.15, -0.1) is 0 Å². The number of Topliss-reactive ketones (excluding diaryl/α,β-unsaturated/α-hetero) is 1. The Labute approximate surface area is 83.3 Å². The maximum atomic E-state index is 11.6. The Kier molecular flexibility index (Phi) is 2.23. The van der Waals surface area contributed by atoms with Gasteiger partial charge in [0.1, 0.15) is 11.6 Å². The molecule has 0 radical (unpaired) electrons. The highest BCUT2D eigenvalue weighted by molar-refractivity contribution is 5.87. The number of ketones is 1. The van der Waals surface area contributed by atoms with Crippen LogP contribution in [0.3, 0.4) is 0 Å². The maximum Gasteiger partial charge on any atom is 0.140 e. The van der Waals surface area contributed by atoms with Crippen LogP contribution < -0.4 is 5.73 Å². The lowest BCUT2D eigenvalue weighted by Gasteiger charge is -2.11. The van der Waals surface area contributed by atoms with Crippen molar-refractivity contribution in [2.45, 2.75) is 32.1 Å². The molecule has 1 heterocycles. The first-order chi connectivity index (χ1) is 6.68. The molecule has 2 N–H and O–H groups in total. The van der Waals surface area contributed by atoms with Crippen LogP contribution in [0.4, 0.5) is 5.82 Å². The van der Waals surface area contributed by atoms with E-state index in [1.54, 1.807) is 6.07 Å². The summed E-state index contributed by atoms with van der Waals surface area (Å²) in [6, 6.07) is 3.71. The normalized spacial score (nSPS) is 21.5. The van der Waals surface area contributed by atoms with Gasteiger partial charge in [0, 0.05) is 18.0 Å². The second-order valence-electron chi connectivity index (χ2n) is 3.82. The van der Waals surface area contributed by atoms with E-state index in [0.29, 0.717) is 18.0 Å². The standard InChI is InChI=1S/C11H14N2O/c1-7-8(5-6-11(12)13-7)9-3-2-4-10(9)14/h5-6,9H,2-4H2,1H3,(H2,12,13). The van der Waals surface area contributed by atoms with Gasteiger partial charge in [-0.05, 0) is 31.4 Å². The number of hydrogen-bond donors (Lipinski definition) is 1. The van der Waals surface area contributed by atoms with Crippen LogP contribution in [0, 0.1) is 6.92 Å². The van der Waals surface area contributed by atoms with Crippen molar-refractivity contribution in [3.63, 3.8) is 0 Å². The lowest BCUT2D eigenvalue weighted by Crippen LogP contribution is -2.07. The largest absolute Gasteiger partial charge is 0.384 e. The Hall–Kier alpha value is -1.38. The number of nitrogens with zero attached hydrogens (tertiary/aromatic N) is 1. The van der Waals surface area contributed by atoms with Crippen molar-refractivity contribution in [2.75, 3.05) is 5.73 Å². The van der Waals surface area contributed by atoms with Crippen LogP contribution in [0.1, 0.15) is 36.4 Å². The smallest absolute Gasteiger partial charge is 0.140 e. The monoisotopic (exact) mass is 190 g/mol. The molecule has 0 spiro atoms. The maximum absolute atomic E-state index is 11.6. The molecule has 0 aromatic carbocycles. The fourth-order valence-electron chi connectivity index (χ4n) is 2.10. The van der Waals surface area contributed by atoms with E-state index in [4.69, 9.17) is 5.73 Å². The Bertz CT molecular complexity index is 374. The molecule has 1 aromatic heterocycles. The highest BCUT2D eigenvalue weighted by Gasteiger charge is 2.27. The number of carbonyl (C=O) groups is 1. The third-order valence-corrected chi connectivity index (χ3v) is 2.83. The van der Waals surface area contributed by atoms with Crippen molar-refractivity contribution in [1.82, 2.24) is 4.98 Å². The summed E-state index contributed by atoms with van der Waals surface area (Å²) < 4.78 is 0. The summed E-state index contributed by atoms with van der Waals surface area (Å²) in [5, 5.41) is 0. The second kappa shape index (κ2) is 3.40. The van der Waals surface area contributed by atoms with E-state index in [2.05, 4.69) is 4.98 Å². The summed E-state index contributed by atoms with van der Waals surface area (Å²) in [7, 11) is 0. The third kappa shape index (κ3) is 1.50. The lowest BCUT2D eigenvalue weighted by atomic mass is 9.96. The number of hydrogen-bond acceptors (Lipinski definition) is 3. The number of nitrogens with two attached hydrogens (primary N) is 1. The molecule has 0 aliphatic heterocycles. The first kappa shape index (κ1) is 9.19. The van der Waals surface area contributed by atoms with Gasteiger partial charge in [0.25, 0.3) is 0 Å². The van der Waals surface area contributed by atoms with E-state index < -0.39 is 0 Å². The van der Waals surface area contributed by atoms with Crippen LogP contribution in [-0.2, 0) is 4.79 Å². The summed E-state index contributed by atoms with van der Waals surface area (Å²) in [4.78, 5) is 15.7. The minimum Gasteiger partial charge on any atom is -0.384 e. The first-order valence-electron chi connectivity index (χ1n) is 4.94. The molecular formula is C11H14N2O. The van der Waals surface area contributed by atoms with Crippen molar-refractivity contribution in [1.29, 1.82) is 0 Å². The van der Waals surface area contributed by atoms with Gasteiger partial charge in [0.05, 0.1) is 0 Å². The van der Waals surface area contributed by atoms with Gasteiger partial charge >= 0.3 is 0 Å². The Morgan fingerprint density at radius 3 is 2.86 bits per heavy atom. The van der Waals surface area contributed by atoms with Gasteiger partial charge in [0.15, 0.2) is 0 Å². The van der Waals surface area contributed by atoms with Crippen molar-refractivity contribution < 1.29 is 4.79 Å². The van der Waals surface area contributed by atoms with E-state index in [0.717, 1.165) is 24.1 Å². The van der Waals surface area contributed by atoms with Crippen LogP contribution in [0.25, 0.3) is 0 Å². The van der Waals surface area contributed by atoms with Crippen molar-refractivity contribution in [2.24, 2.45) is 0 Å². The second-order valence-corrected chi connectivity index (χ2v) is 3.82. The summed E-state index contributed by atoms with van der Waals surface area (Å²) in [6.07, 6.45) is 2.69. The van der Waals surface area contributed by atoms with Gasteiger partial charge in [-0.3, -0.25) is 4.79 Å². The Morgan fingerprint density at radius 2 is 2.29 bits per heavy atom. The minimum absolute atomic E-state index is 0.0723. The van der Waals surface area contributed by atoms with Crippen molar-refractivity contribution in [3.8, 4) is 0 Å². The Balaban J connectivity index is 2.36. The molecule has 1 aliphatic carbocycles. The molecular weight excluding hydrogens is 176 g/mol. The molecule has 3 heteroatoms. The quantitative estimate of drug-likeness (QED) is 0.734. The van der Waals surface area contributed by atoms with Crippen LogP contribution >= 0.6 is 0 Å². The van der Waals surface area contributed by atoms with E-state index >= 15 is 0 Å². The first-order valence-corrected chi connectivity index (χ1v) is 4.94. The van der Waals surface area contributed by atoms with E-state index in [1.807, 2.05) is 13.0 Å². The fraction of sp³-hybridized carbons (Fsp3) is 0.455. The molecule has 1 aromatic rings. The zero-order chi connectivity index (χ0) is 10.1. The van der Waals surface area contributed by atoms with Crippen LogP contribution in [0.15, 0.2) is 12.1 Å². The topological polar surface area (TPSA) is 56.0 Å². The molecule has 0 amide bonds. The highest BCUT2D eigenvalue weighted by Crippen LogP contribution is 2.32. The zero-order valence-electron chi connectivity index (χ0n) is 8.29. The molecule has 74 valence electrons. The van der Waals surface area contributed by atoms with Crippen LogP contribution in [0.5, 0.6) is 0 Å². The summed E-state index contributed by atoms with van der Waals surface area (Å²) in [6.45, 7) is 1.91. The molecule has 0 bridgehead atoms. The van der Waals surface area contributed by atoms with Gasteiger partial charge in [-0.25, -0.2) is 4.98 Å². The van der Waals surface area contributed by atoms with Crippen LogP contribution in [-0.4, -0.2) is 10.8 Å². The lowest BCUT2D eigenvalue weighted by molar-refractivity contribution is -0.118. The number of rotatable bonds is 1. The number of anilines is 1.